The molecule has 0 spiro atoms. The molecule has 0 amide bonds. The Hall–Kier alpha value is -2.56. The van der Waals surface area contributed by atoms with Gasteiger partial charge in [-0.1, -0.05) is 57.4 Å². The largest absolute Gasteiger partial charge is 0.490 e. The number of hydrogen-bond donors (Lipinski definition) is 2. The molecule has 0 saturated heterocycles. The van der Waals surface area contributed by atoms with Crippen LogP contribution >= 0.6 is 0 Å². The lowest BCUT2D eigenvalue weighted by molar-refractivity contribution is -0.102. The van der Waals surface area contributed by atoms with Gasteiger partial charge in [-0.15, -0.1) is 0 Å². The van der Waals surface area contributed by atoms with Crippen LogP contribution in [0.15, 0.2) is 48.5 Å². The van der Waals surface area contributed by atoms with E-state index in [1.807, 2.05) is 36.4 Å². The van der Waals surface area contributed by atoms with Crippen LogP contribution in [0, 0.1) is 36.2 Å². The Kier molecular flexibility index (Phi) is 11.8. The van der Waals surface area contributed by atoms with E-state index >= 15 is 0 Å². The normalized spacial score (nSPS) is 30.6. The number of benzene rings is 2. The van der Waals surface area contributed by atoms with Gasteiger partial charge in [0.05, 0.1) is 17.3 Å². The van der Waals surface area contributed by atoms with Crippen molar-refractivity contribution in [1.29, 1.82) is 0 Å². The number of nitrogens with zero attached hydrogens (tertiary/aromatic N) is 2. The van der Waals surface area contributed by atoms with Crippen molar-refractivity contribution in [2.75, 3.05) is 41.3 Å². The minimum absolute atomic E-state index is 0.220. The predicted molar refractivity (Wildman–Crippen MR) is 179 cm³/mol. The lowest BCUT2D eigenvalue weighted by Crippen LogP contribution is -2.48. The van der Waals surface area contributed by atoms with Crippen LogP contribution in [0.1, 0.15) is 82.8 Å². The highest BCUT2D eigenvalue weighted by Gasteiger charge is 2.46. The highest BCUT2D eigenvalue weighted by atomic mass is 16.5. The van der Waals surface area contributed by atoms with Gasteiger partial charge in [0.1, 0.15) is 17.6 Å². The number of terminal acetylenes is 1. The van der Waals surface area contributed by atoms with Gasteiger partial charge >= 0.3 is 0 Å². The Bertz CT molecular complexity index is 1240. The molecule has 44 heavy (non-hydrogen) atoms. The quantitative estimate of drug-likeness (QED) is 0.313. The molecular formula is C38H56N2O4. The Morgan fingerprint density at radius 3 is 1.61 bits per heavy atom. The standard InChI is InChI=1S/C20H31NO2.C18H25NO2/c1-15-7-4-9-17(14-21(2)3)20(15,22)16-8-5-12-19(13-16)23-18-10-6-11-18;1-5-21-17-11-7-9-15(12-17)18(20)14(2)8-6-10-16(18)13-19(3)4/h5,8,12-13,15,17-18,22H,4,6-7,9-11,14H2,1-3H3;1,7,9,11-12,14,16,20H,6,8,10,13H2,2-4H3. The fourth-order valence-electron chi connectivity index (χ4n) is 7.79. The van der Waals surface area contributed by atoms with Gasteiger partial charge in [0.15, 0.2) is 0 Å². The second kappa shape index (κ2) is 15.1. The van der Waals surface area contributed by atoms with Crippen molar-refractivity contribution in [2.24, 2.45) is 23.7 Å². The van der Waals surface area contributed by atoms with Crippen molar-refractivity contribution in [3.63, 3.8) is 0 Å². The first kappa shape index (κ1) is 34.3. The molecule has 6 atom stereocenters. The Labute approximate surface area is 266 Å². The second-order valence-corrected chi connectivity index (χ2v) is 14.2. The third-order valence-electron chi connectivity index (χ3n) is 10.4. The molecule has 6 unspecified atom stereocenters. The minimum Gasteiger partial charge on any atom is -0.490 e. The lowest BCUT2D eigenvalue weighted by Gasteiger charge is -2.46. The maximum Gasteiger partial charge on any atom is 0.140 e. The summed E-state index contributed by atoms with van der Waals surface area (Å²) in [7, 11) is 8.29. The molecule has 0 heterocycles. The number of aliphatic hydroxyl groups is 2. The second-order valence-electron chi connectivity index (χ2n) is 14.2. The number of rotatable bonds is 9. The molecule has 3 saturated carbocycles. The summed E-state index contributed by atoms with van der Waals surface area (Å²) in [5.41, 5.74) is 0.375. The summed E-state index contributed by atoms with van der Waals surface area (Å²) in [5, 5.41) is 23.1. The zero-order valence-electron chi connectivity index (χ0n) is 28.0. The molecule has 2 aromatic carbocycles. The molecule has 0 radical (unpaired) electrons. The molecule has 3 aliphatic rings. The fourth-order valence-corrected chi connectivity index (χ4v) is 7.79. The van der Waals surface area contributed by atoms with E-state index in [0.717, 1.165) is 68.5 Å². The first-order chi connectivity index (χ1) is 21.0. The van der Waals surface area contributed by atoms with E-state index < -0.39 is 11.2 Å². The van der Waals surface area contributed by atoms with Crippen molar-refractivity contribution >= 4 is 0 Å². The minimum atomic E-state index is -0.823. The predicted octanol–water partition coefficient (Wildman–Crippen LogP) is 6.64. The van der Waals surface area contributed by atoms with Gasteiger partial charge in [-0.3, -0.25) is 0 Å². The first-order valence-corrected chi connectivity index (χ1v) is 16.7. The topological polar surface area (TPSA) is 65.4 Å². The van der Waals surface area contributed by atoms with Crippen LogP contribution in [-0.2, 0) is 11.2 Å². The Morgan fingerprint density at radius 1 is 0.727 bits per heavy atom. The molecule has 3 fully saturated rings. The van der Waals surface area contributed by atoms with E-state index in [1.54, 1.807) is 0 Å². The monoisotopic (exact) mass is 604 g/mol. The van der Waals surface area contributed by atoms with Crippen molar-refractivity contribution in [3.05, 3.63) is 59.7 Å². The molecule has 242 valence electrons. The van der Waals surface area contributed by atoms with Crippen LogP contribution in [0.25, 0.3) is 0 Å². The van der Waals surface area contributed by atoms with E-state index in [-0.39, 0.29) is 23.7 Å². The summed E-state index contributed by atoms with van der Waals surface area (Å²) in [6.07, 6.45) is 18.0. The summed E-state index contributed by atoms with van der Waals surface area (Å²) >= 11 is 0. The Balaban J connectivity index is 0.000000202. The summed E-state index contributed by atoms with van der Waals surface area (Å²) < 4.78 is 11.2. The number of hydrogen-bond acceptors (Lipinski definition) is 6. The summed E-state index contributed by atoms with van der Waals surface area (Å²) in [6, 6.07) is 15.8. The van der Waals surface area contributed by atoms with Gasteiger partial charge in [-0.05, 0) is 120 Å². The zero-order chi connectivity index (χ0) is 31.9. The van der Waals surface area contributed by atoms with Gasteiger partial charge < -0.3 is 29.5 Å². The van der Waals surface area contributed by atoms with E-state index in [2.05, 4.69) is 70.1 Å². The van der Waals surface area contributed by atoms with Crippen molar-refractivity contribution in [2.45, 2.75) is 88.9 Å². The van der Waals surface area contributed by atoms with E-state index in [9.17, 15) is 10.2 Å². The molecule has 2 aromatic rings. The highest BCUT2D eigenvalue weighted by Crippen LogP contribution is 2.47. The van der Waals surface area contributed by atoms with Crippen molar-refractivity contribution in [1.82, 2.24) is 9.80 Å². The molecule has 3 aliphatic carbocycles. The highest BCUT2D eigenvalue weighted by molar-refractivity contribution is 5.35. The summed E-state index contributed by atoms with van der Waals surface area (Å²) in [4.78, 5) is 4.35. The fraction of sp³-hybridized carbons (Fsp3) is 0.632. The van der Waals surface area contributed by atoms with Gasteiger partial charge in [0, 0.05) is 24.9 Å². The smallest absolute Gasteiger partial charge is 0.140 e. The molecule has 6 nitrogen and oxygen atoms in total. The van der Waals surface area contributed by atoms with Crippen LogP contribution in [-0.4, -0.2) is 67.4 Å². The first-order valence-electron chi connectivity index (χ1n) is 16.7. The third-order valence-corrected chi connectivity index (χ3v) is 10.4. The van der Waals surface area contributed by atoms with Gasteiger partial charge in [0.25, 0.3) is 0 Å². The van der Waals surface area contributed by atoms with E-state index in [0.29, 0.717) is 11.9 Å². The van der Waals surface area contributed by atoms with Gasteiger partial charge in [0.2, 0.25) is 0 Å². The molecule has 0 bridgehead atoms. The molecule has 0 aromatic heterocycles. The molecule has 5 rings (SSSR count). The van der Waals surface area contributed by atoms with Crippen molar-refractivity contribution < 1.29 is 19.7 Å². The average molecular weight is 605 g/mol. The maximum atomic E-state index is 11.7. The van der Waals surface area contributed by atoms with E-state index in [4.69, 9.17) is 15.9 Å². The van der Waals surface area contributed by atoms with Crippen LogP contribution < -0.4 is 9.47 Å². The van der Waals surface area contributed by atoms with Gasteiger partial charge in [-0.2, -0.15) is 0 Å². The Morgan fingerprint density at radius 2 is 1.18 bits per heavy atom. The van der Waals surface area contributed by atoms with Crippen LogP contribution in [0.2, 0.25) is 0 Å². The van der Waals surface area contributed by atoms with Crippen LogP contribution in [0.3, 0.4) is 0 Å². The zero-order valence-corrected chi connectivity index (χ0v) is 28.0. The maximum absolute atomic E-state index is 11.7. The lowest BCUT2D eigenvalue weighted by atomic mass is 9.65. The summed E-state index contributed by atoms with van der Waals surface area (Å²) in [5.74, 6) is 2.53. The molecule has 2 N–H and O–H groups in total. The average Bonchev–Trinajstić information content (AvgIpc) is 2.96. The van der Waals surface area contributed by atoms with Gasteiger partial charge in [-0.25, -0.2) is 0 Å². The summed E-state index contributed by atoms with van der Waals surface area (Å²) in [6.45, 7) is 6.13. The van der Waals surface area contributed by atoms with Crippen molar-refractivity contribution in [3.8, 4) is 24.0 Å². The molecule has 0 aliphatic heterocycles. The van der Waals surface area contributed by atoms with E-state index in [1.165, 1.54) is 19.3 Å². The van der Waals surface area contributed by atoms with Crippen LogP contribution in [0.5, 0.6) is 11.5 Å². The molecule has 6 heteroatoms. The SMILES string of the molecule is C#COc1cccc(C2(O)C(C)CCCC2CN(C)C)c1.CC1CCCC(CN(C)C)C1(O)c1cccc(OC2CCC2)c1. The third kappa shape index (κ3) is 7.80. The van der Waals surface area contributed by atoms with Crippen LogP contribution in [0.4, 0.5) is 0 Å². The molecular weight excluding hydrogens is 548 g/mol. The number of ether oxygens (including phenoxy) is 2.